The number of fused-ring (bicyclic) bond motifs is 2. The van der Waals surface area contributed by atoms with E-state index in [0.29, 0.717) is 35.3 Å². The van der Waals surface area contributed by atoms with Gasteiger partial charge in [0.05, 0.1) is 5.92 Å². The van der Waals surface area contributed by atoms with Crippen LogP contribution in [0.3, 0.4) is 0 Å². The van der Waals surface area contributed by atoms with Gasteiger partial charge in [0.2, 0.25) is 0 Å². The maximum Gasteiger partial charge on any atom is 0.309 e. The highest BCUT2D eigenvalue weighted by Crippen LogP contribution is 2.48. The number of benzene rings is 1. The molecule has 0 aliphatic heterocycles. The summed E-state index contributed by atoms with van der Waals surface area (Å²) in [7, 11) is 1.63. The zero-order valence-electron chi connectivity index (χ0n) is 16.9. The van der Waals surface area contributed by atoms with Gasteiger partial charge in [-0.2, -0.15) is 0 Å². The molecule has 4 unspecified atom stereocenters. The Morgan fingerprint density at radius 3 is 2.66 bits per heavy atom. The first-order valence-electron chi connectivity index (χ1n) is 10.6. The molecule has 0 radical (unpaired) electrons. The summed E-state index contributed by atoms with van der Waals surface area (Å²) in [6, 6.07) is 7.20. The third kappa shape index (κ3) is 3.58. The fraction of sp³-hybridized carbons (Fsp3) is 0.609. The van der Waals surface area contributed by atoms with Crippen molar-refractivity contribution in [1.82, 2.24) is 4.90 Å². The zero-order valence-corrected chi connectivity index (χ0v) is 17.6. The van der Waals surface area contributed by atoms with Crippen LogP contribution in [0, 0.1) is 17.8 Å². The Hall–Kier alpha value is -1.88. The lowest BCUT2D eigenvalue weighted by atomic mass is 9.74. The topological polar surface area (TPSA) is 63.7 Å². The van der Waals surface area contributed by atoms with Crippen molar-refractivity contribution in [3.63, 3.8) is 0 Å². The Balaban J connectivity index is 1.49. The van der Waals surface area contributed by atoms with E-state index in [9.17, 15) is 14.4 Å². The van der Waals surface area contributed by atoms with Crippen LogP contribution in [0.25, 0.3) is 0 Å². The summed E-state index contributed by atoms with van der Waals surface area (Å²) >= 11 is 6.44. The molecule has 1 aromatic rings. The molecule has 3 fully saturated rings. The second-order valence-electron chi connectivity index (χ2n) is 8.81. The first kappa shape index (κ1) is 20.4. The van der Waals surface area contributed by atoms with E-state index in [1.54, 1.807) is 13.1 Å². The van der Waals surface area contributed by atoms with Gasteiger partial charge in [0.15, 0.2) is 12.4 Å². The van der Waals surface area contributed by atoms with Gasteiger partial charge in [-0.3, -0.25) is 14.4 Å². The number of amides is 1. The maximum absolute atomic E-state index is 13.1. The second kappa shape index (κ2) is 8.10. The Morgan fingerprint density at radius 2 is 2.00 bits per heavy atom. The Labute approximate surface area is 176 Å². The molecule has 0 heterocycles. The number of rotatable bonds is 5. The molecule has 0 aromatic heterocycles. The molecular formula is C23H28ClNO4. The number of likely N-dealkylation sites (N-methyl/N-ethyl adjacent to an activating group) is 1. The third-order valence-electron chi connectivity index (χ3n) is 7.30. The summed E-state index contributed by atoms with van der Waals surface area (Å²) in [6.45, 7) is -0.331. The van der Waals surface area contributed by atoms with Crippen LogP contribution in [0.5, 0.6) is 0 Å². The van der Waals surface area contributed by atoms with Gasteiger partial charge in [-0.1, -0.05) is 36.2 Å². The second-order valence-corrected chi connectivity index (χ2v) is 9.22. The summed E-state index contributed by atoms with van der Waals surface area (Å²) in [5.74, 6) is 0.346. The van der Waals surface area contributed by atoms with Gasteiger partial charge in [0.1, 0.15) is 5.54 Å². The van der Waals surface area contributed by atoms with E-state index in [1.807, 2.05) is 18.2 Å². The van der Waals surface area contributed by atoms with E-state index < -0.39 is 5.54 Å². The summed E-state index contributed by atoms with van der Waals surface area (Å²) < 4.78 is 5.42. The van der Waals surface area contributed by atoms with Crippen LogP contribution < -0.4 is 0 Å². The van der Waals surface area contributed by atoms with Gasteiger partial charge in [-0.05, 0) is 56.4 Å². The van der Waals surface area contributed by atoms with Crippen LogP contribution in [0.4, 0.5) is 0 Å². The molecule has 5 nitrogen and oxygen atoms in total. The number of carbonyl (C=O) groups is 3. The fourth-order valence-corrected chi connectivity index (χ4v) is 6.00. The highest BCUT2D eigenvalue weighted by Gasteiger charge is 2.48. The highest BCUT2D eigenvalue weighted by atomic mass is 35.5. The summed E-state index contributed by atoms with van der Waals surface area (Å²) in [6.07, 6.45) is 6.87. The third-order valence-corrected chi connectivity index (χ3v) is 7.63. The molecule has 6 heteroatoms. The zero-order chi connectivity index (χ0) is 20.6. The van der Waals surface area contributed by atoms with Crippen LogP contribution in [-0.2, 0) is 24.7 Å². The fourth-order valence-electron chi connectivity index (χ4n) is 5.71. The molecule has 156 valence electrons. The number of esters is 1. The standard InChI is InChI=1S/C23H28ClNO4/c1-25(21(27)14-29-22(28)17-13-15-9-10-16(17)12-15)23(11-5-4-8-20(23)26)18-6-2-3-7-19(18)24/h2-3,6-7,15-17H,4-5,8-14H2,1H3. The van der Waals surface area contributed by atoms with Gasteiger partial charge in [-0.15, -0.1) is 0 Å². The number of halogens is 1. The van der Waals surface area contributed by atoms with Crippen molar-refractivity contribution in [1.29, 1.82) is 0 Å². The lowest BCUT2D eigenvalue weighted by molar-refractivity contribution is -0.160. The SMILES string of the molecule is CN(C(=O)COC(=O)C1CC2CCC1C2)C1(c2ccccc2Cl)CCCCC1=O. The van der Waals surface area contributed by atoms with Crippen molar-refractivity contribution in [3.05, 3.63) is 34.9 Å². The van der Waals surface area contributed by atoms with Crippen molar-refractivity contribution in [3.8, 4) is 0 Å². The maximum atomic E-state index is 13.1. The Morgan fingerprint density at radius 1 is 1.21 bits per heavy atom. The number of ketones is 1. The van der Waals surface area contributed by atoms with Crippen LogP contribution in [0.2, 0.25) is 5.02 Å². The Bertz CT molecular complexity index is 825. The van der Waals surface area contributed by atoms with Gasteiger partial charge >= 0.3 is 5.97 Å². The average molecular weight is 418 g/mol. The number of ether oxygens (including phenoxy) is 1. The highest BCUT2D eigenvalue weighted by molar-refractivity contribution is 6.31. The monoisotopic (exact) mass is 417 g/mol. The largest absolute Gasteiger partial charge is 0.455 e. The predicted molar refractivity (Wildman–Crippen MR) is 109 cm³/mol. The molecule has 29 heavy (non-hydrogen) atoms. The van der Waals surface area contributed by atoms with Crippen LogP contribution in [-0.4, -0.2) is 36.2 Å². The molecular weight excluding hydrogens is 390 g/mol. The van der Waals surface area contributed by atoms with E-state index in [0.717, 1.165) is 32.1 Å². The van der Waals surface area contributed by atoms with E-state index in [4.69, 9.17) is 16.3 Å². The molecule has 4 atom stereocenters. The molecule has 3 saturated carbocycles. The number of carbonyl (C=O) groups excluding carboxylic acids is 3. The van der Waals surface area contributed by atoms with Crippen molar-refractivity contribution < 1.29 is 19.1 Å². The summed E-state index contributed by atoms with van der Waals surface area (Å²) in [5, 5.41) is 0.473. The summed E-state index contributed by atoms with van der Waals surface area (Å²) in [4.78, 5) is 40.1. The Kier molecular flexibility index (Phi) is 5.69. The van der Waals surface area contributed by atoms with Crippen LogP contribution in [0.15, 0.2) is 24.3 Å². The minimum atomic E-state index is -1.09. The smallest absolute Gasteiger partial charge is 0.309 e. The number of nitrogens with zero attached hydrogens (tertiary/aromatic N) is 1. The number of hydrogen-bond donors (Lipinski definition) is 0. The molecule has 4 rings (SSSR count). The molecule has 0 N–H and O–H groups in total. The van der Waals surface area contributed by atoms with Gasteiger partial charge in [0.25, 0.3) is 5.91 Å². The van der Waals surface area contributed by atoms with Crippen molar-refractivity contribution >= 4 is 29.3 Å². The van der Waals surface area contributed by atoms with Gasteiger partial charge in [0, 0.05) is 24.1 Å². The van der Waals surface area contributed by atoms with E-state index >= 15 is 0 Å². The normalized spacial score (nSPS) is 31.0. The van der Waals surface area contributed by atoms with Crippen LogP contribution >= 0.6 is 11.6 Å². The van der Waals surface area contributed by atoms with Crippen molar-refractivity contribution in [2.24, 2.45) is 17.8 Å². The summed E-state index contributed by atoms with van der Waals surface area (Å²) in [5.41, 5.74) is -0.436. The number of hydrogen-bond acceptors (Lipinski definition) is 4. The lowest BCUT2D eigenvalue weighted by Gasteiger charge is -2.43. The first-order chi connectivity index (χ1) is 13.9. The predicted octanol–water partition coefficient (Wildman–Crippen LogP) is 4.12. The minimum absolute atomic E-state index is 0.00729. The van der Waals surface area contributed by atoms with Gasteiger partial charge < -0.3 is 9.64 Å². The van der Waals surface area contributed by atoms with E-state index in [2.05, 4.69) is 0 Å². The minimum Gasteiger partial charge on any atom is -0.455 e. The van der Waals surface area contributed by atoms with Crippen molar-refractivity contribution in [2.45, 2.75) is 56.9 Å². The molecule has 1 amide bonds. The first-order valence-corrected chi connectivity index (χ1v) is 11.0. The molecule has 3 aliphatic rings. The van der Waals surface area contributed by atoms with Gasteiger partial charge in [-0.25, -0.2) is 0 Å². The lowest BCUT2D eigenvalue weighted by Crippen LogP contribution is -2.55. The van der Waals surface area contributed by atoms with E-state index in [1.165, 1.54) is 11.3 Å². The van der Waals surface area contributed by atoms with Crippen molar-refractivity contribution in [2.75, 3.05) is 13.7 Å². The van der Waals surface area contributed by atoms with E-state index in [-0.39, 0.29) is 30.2 Å². The molecule has 3 aliphatic carbocycles. The quantitative estimate of drug-likeness (QED) is 0.676. The number of Topliss-reactive ketones (excluding diaryl/α,β-unsaturated/α-hetero) is 1. The molecule has 0 spiro atoms. The molecule has 0 saturated heterocycles. The molecule has 2 bridgehead atoms. The molecule has 1 aromatic carbocycles. The average Bonchev–Trinajstić information content (AvgIpc) is 3.36. The van der Waals surface area contributed by atoms with Crippen LogP contribution in [0.1, 0.15) is 56.9 Å².